The summed E-state index contributed by atoms with van der Waals surface area (Å²) < 4.78 is 5.11. The van der Waals surface area contributed by atoms with E-state index < -0.39 is 0 Å². The van der Waals surface area contributed by atoms with Crippen LogP contribution in [0.25, 0.3) is 0 Å². The second-order valence-corrected chi connectivity index (χ2v) is 4.06. The summed E-state index contributed by atoms with van der Waals surface area (Å²) in [5.74, 6) is -0.345. The van der Waals surface area contributed by atoms with E-state index in [1.165, 1.54) is 7.11 Å². The minimum atomic E-state index is -0.345. The fourth-order valence-corrected chi connectivity index (χ4v) is 2.07. The number of hydrogen-bond acceptors (Lipinski definition) is 3. The lowest BCUT2D eigenvalue weighted by atomic mass is 10.1. The van der Waals surface area contributed by atoms with Crippen molar-refractivity contribution < 1.29 is 9.53 Å². The number of rotatable bonds is 2. The van der Waals surface area contributed by atoms with Crippen LogP contribution in [0.5, 0.6) is 0 Å². The van der Waals surface area contributed by atoms with Gasteiger partial charge in [0.1, 0.15) is 6.07 Å². The molecular weight excluding hydrogens is 281 g/mol. The van der Waals surface area contributed by atoms with Crippen molar-refractivity contribution in [1.82, 2.24) is 0 Å². The Kier molecular flexibility index (Phi) is 4.13. The Balaban J connectivity index is 3.05. The topological polar surface area (TPSA) is 50.1 Å². The van der Waals surface area contributed by atoms with E-state index in [9.17, 15) is 4.79 Å². The number of hydrogen-bond donors (Lipinski definition) is 0. The van der Waals surface area contributed by atoms with Crippen LogP contribution in [0.4, 0.5) is 0 Å². The van der Waals surface area contributed by atoms with E-state index >= 15 is 0 Å². The van der Waals surface area contributed by atoms with Gasteiger partial charge in [0.2, 0.25) is 0 Å². The summed E-state index contributed by atoms with van der Waals surface area (Å²) >= 11 is 9.07. The highest BCUT2D eigenvalue weighted by Crippen LogP contribution is 2.26. The van der Waals surface area contributed by atoms with Crippen LogP contribution >= 0.6 is 27.5 Å². The first kappa shape index (κ1) is 12.0. The Hall–Kier alpha value is -1.05. The third kappa shape index (κ3) is 2.95. The number of carbonyl (C=O) groups excluding carboxylic acids is 1. The van der Waals surface area contributed by atoms with Crippen molar-refractivity contribution >= 4 is 33.5 Å². The first-order valence-corrected chi connectivity index (χ1v) is 5.20. The molecule has 0 saturated heterocycles. The predicted octanol–water partition coefficient (Wildman–Crippen LogP) is 2.69. The number of benzene rings is 1. The Morgan fingerprint density at radius 2 is 2.33 bits per heavy atom. The van der Waals surface area contributed by atoms with Crippen LogP contribution in [-0.4, -0.2) is 13.1 Å². The highest BCUT2D eigenvalue weighted by molar-refractivity contribution is 9.10. The standard InChI is InChI=1S/C10H7BrClNO2/c1-15-10(14)4-6-2-8(11)7(5-13)9(12)3-6/h2-3H,4H2,1H3. The molecule has 0 aliphatic rings. The van der Waals surface area contributed by atoms with E-state index in [2.05, 4.69) is 20.7 Å². The molecule has 0 heterocycles. The maximum Gasteiger partial charge on any atom is 0.309 e. The van der Waals surface area contributed by atoms with Gasteiger partial charge in [-0.05, 0) is 33.6 Å². The molecule has 0 N–H and O–H groups in total. The average molecular weight is 289 g/mol. The number of carbonyl (C=O) groups is 1. The van der Waals surface area contributed by atoms with E-state index in [1.807, 2.05) is 6.07 Å². The number of ether oxygens (including phenoxy) is 1. The lowest BCUT2D eigenvalue weighted by Crippen LogP contribution is -2.04. The maximum atomic E-state index is 11.0. The van der Waals surface area contributed by atoms with Gasteiger partial charge >= 0.3 is 5.97 Å². The Labute approximate surface area is 101 Å². The summed E-state index contributed by atoms with van der Waals surface area (Å²) in [4.78, 5) is 11.0. The van der Waals surface area contributed by atoms with E-state index in [0.29, 0.717) is 20.6 Å². The number of halogens is 2. The van der Waals surface area contributed by atoms with E-state index in [1.54, 1.807) is 12.1 Å². The Morgan fingerprint density at radius 1 is 1.67 bits per heavy atom. The van der Waals surface area contributed by atoms with Crippen LogP contribution in [0.3, 0.4) is 0 Å². The lowest BCUT2D eigenvalue weighted by molar-refractivity contribution is -0.139. The smallest absolute Gasteiger partial charge is 0.309 e. The minimum absolute atomic E-state index is 0.139. The molecule has 0 fully saturated rings. The van der Waals surface area contributed by atoms with E-state index in [4.69, 9.17) is 16.9 Å². The first-order valence-electron chi connectivity index (χ1n) is 4.03. The van der Waals surface area contributed by atoms with Gasteiger partial charge < -0.3 is 4.74 Å². The molecule has 0 saturated carbocycles. The zero-order valence-electron chi connectivity index (χ0n) is 7.88. The lowest BCUT2D eigenvalue weighted by Gasteiger charge is -2.04. The minimum Gasteiger partial charge on any atom is -0.469 e. The van der Waals surface area contributed by atoms with Crippen LogP contribution in [0.1, 0.15) is 11.1 Å². The normalized spacial score (nSPS) is 9.47. The van der Waals surface area contributed by atoms with Gasteiger partial charge in [-0.2, -0.15) is 5.26 Å². The van der Waals surface area contributed by atoms with Crippen molar-refractivity contribution in [3.8, 4) is 6.07 Å². The highest BCUT2D eigenvalue weighted by atomic mass is 79.9. The molecule has 1 aromatic rings. The molecule has 3 nitrogen and oxygen atoms in total. The number of nitrogens with zero attached hydrogens (tertiary/aromatic N) is 1. The molecule has 1 aromatic carbocycles. The van der Waals surface area contributed by atoms with Gasteiger partial charge in [-0.1, -0.05) is 11.6 Å². The van der Waals surface area contributed by atoms with Crippen molar-refractivity contribution in [3.63, 3.8) is 0 Å². The zero-order valence-corrected chi connectivity index (χ0v) is 10.2. The average Bonchev–Trinajstić information content (AvgIpc) is 2.17. The second-order valence-electron chi connectivity index (χ2n) is 2.80. The monoisotopic (exact) mass is 287 g/mol. The van der Waals surface area contributed by atoms with E-state index in [0.717, 1.165) is 0 Å². The van der Waals surface area contributed by atoms with Crippen molar-refractivity contribution in [2.24, 2.45) is 0 Å². The largest absolute Gasteiger partial charge is 0.469 e. The molecule has 15 heavy (non-hydrogen) atoms. The number of methoxy groups -OCH3 is 1. The quantitative estimate of drug-likeness (QED) is 0.786. The molecule has 0 aliphatic heterocycles. The Morgan fingerprint density at radius 3 is 2.80 bits per heavy atom. The molecule has 0 unspecified atom stereocenters. The molecule has 0 amide bonds. The molecule has 5 heteroatoms. The molecule has 1 rings (SSSR count). The van der Waals surface area contributed by atoms with Crippen molar-refractivity contribution in [1.29, 1.82) is 5.26 Å². The van der Waals surface area contributed by atoms with Gasteiger partial charge in [0, 0.05) is 4.47 Å². The van der Waals surface area contributed by atoms with Gasteiger partial charge in [-0.15, -0.1) is 0 Å². The molecule has 0 aliphatic carbocycles. The summed E-state index contributed by atoms with van der Waals surface area (Å²) in [6.07, 6.45) is 0.139. The summed E-state index contributed by atoms with van der Waals surface area (Å²) in [5, 5.41) is 9.09. The van der Waals surface area contributed by atoms with Crippen LogP contribution in [-0.2, 0) is 16.0 Å². The maximum absolute atomic E-state index is 11.0. The SMILES string of the molecule is COC(=O)Cc1cc(Cl)c(C#N)c(Br)c1. The summed E-state index contributed by atoms with van der Waals surface area (Å²) in [5.41, 5.74) is 1.07. The molecule has 0 bridgehead atoms. The number of esters is 1. The summed E-state index contributed by atoms with van der Waals surface area (Å²) in [6, 6.07) is 5.23. The van der Waals surface area contributed by atoms with Gasteiger partial charge in [0.05, 0.1) is 24.1 Å². The third-order valence-corrected chi connectivity index (χ3v) is 2.71. The summed E-state index contributed by atoms with van der Waals surface area (Å²) in [7, 11) is 1.32. The molecule has 0 radical (unpaired) electrons. The molecule has 78 valence electrons. The molecular formula is C10H7BrClNO2. The van der Waals surface area contributed by atoms with Crippen molar-refractivity contribution in [2.45, 2.75) is 6.42 Å². The zero-order chi connectivity index (χ0) is 11.4. The van der Waals surface area contributed by atoms with Crippen molar-refractivity contribution in [2.75, 3.05) is 7.11 Å². The van der Waals surface area contributed by atoms with Crippen LogP contribution < -0.4 is 0 Å². The summed E-state index contributed by atoms with van der Waals surface area (Å²) in [6.45, 7) is 0. The van der Waals surface area contributed by atoms with Crippen molar-refractivity contribution in [3.05, 3.63) is 32.8 Å². The second kappa shape index (κ2) is 5.15. The molecule has 0 spiro atoms. The van der Waals surface area contributed by atoms with Crippen LogP contribution in [0.2, 0.25) is 5.02 Å². The van der Waals surface area contributed by atoms with Gasteiger partial charge in [0.25, 0.3) is 0 Å². The third-order valence-electron chi connectivity index (χ3n) is 1.79. The van der Waals surface area contributed by atoms with E-state index in [-0.39, 0.29) is 12.4 Å². The predicted molar refractivity (Wildman–Crippen MR) is 59.6 cm³/mol. The fourth-order valence-electron chi connectivity index (χ4n) is 1.07. The highest BCUT2D eigenvalue weighted by Gasteiger charge is 2.09. The van der Waals surface area contributed by atoms with Crippen LogP contribution in [0, 0.1) is 11.3 Å². The Bertz CT molecular complexity index is 417. The van der Waals surface area contributed by atoms with Crippen LogP contribution in [0.15, 0.2) is 16.6 Å². The van der Waals surface area contributed by atoms with Gasteiger partial charge in [-0.3, -0.25) is 4.79 Å². The molecule has 0 atom stereocenters. The van der Waals surface area contributed by atoms with Gasteiger partial charge in [0.15, 0.2) is 0 Å². The first-order chi connectivity index (χ1) is 7.08. The number of nitriles is 1. The van der Waals surface area contributed by atoms with Gasteiger partial charge in [-0.25, -0.2) is 0 Å². The fraction of sp³-hybridized carbons (Fsp3) is 0.200. The molecule has 0 aromatic heterocycles.